The van der Waals surface area contributed by atoms with E-state index in [-0.39, 0.29) is 18.0 Å². The lowest BCUT2D eigenvalue weighted by atomic mass is 10.0. The van der Waals surface area contributed by atoms with Crippen LogP contribution >= 0.6 is 0 Å². The summed E-state index contributed by atoms with van der Waals surface area (Å²) in [5, 5.41) is 4.25. The van der Waals surface area contributed by atoms with E-state index in [2.05, 4.69) is 16.4 Å². The topological polar surface area (TPSA) is 65.2 Å². The highest BCUT2D eigenvalue weighted by molar-refractivity contribution is 5.87. The summed E-state index contributed by atoms with van der Waals surface area (Å²) < 4.78 is 0. The van der Waals surface area contributed by atoms with Crippen LogP contribution in [0.5, 0.6) is 0 Å². The lowest BCUT2D eigenvalue weighted by Crippen LogP contribution is -2.48. The molecule has 22 heavy (non-hydrogen) atoms. The number of nitrogens with one attached hydrogen (secondary N) is 2. The first-order chi connectivity index (χ1) is 10.7. The predicted molar refractivity (Wildman–Crippen MR) is 85.6 cm³/mol. The SMILES string of the molecule is CN[C@@H](Cc1c[nH]c2ccccc12)C(=O)N1CCC[C@H]1C=O. The summed E-state index contributed by atoms with van der Waals surface area (Å²) in [7, 11) is 1.80. The summed E-state index contributed by atoms with van der Waals surface area (Å²) in [4.78, 5) is 28.8. The van der Waals surface area contributed by atoms with Crippen LogP contribution in [0.15, 0.2) is 30.5 Å². The first kappa shape index (κ1) is 14.8. The first-order valence-corrected chi connectivity index (χ1v) is 7.72. The van der Waals surface area contributed by atoms with E-state index in [1.165, 1.54) is 0 Å². The van der Waals surface area contributed by atoms with Crippen molar-refractivity contribution in [1.29, 1.82) is 0 Å². The van der Waals surface area contributed by atoms with Gasteiger partial charge in [-0.1, -0.05) is 18.2 Å². The van der Waals surface area contributed by atoms with Gasteiger partial charge in [0.05, 0.1) is 12.1 Å². The molecule has 2 aromatic rings. The number of rotatable bonds is 5. The lowest BCUT2D eigenvalue weighted by Gasteiger charge is -2.26. The quantitative estimate of drug-likeness (QED) is 0.822. The van der Waals surface area contributed by atoms with Gasteiger partial charge in [0.2, 0.25) is 5.91 Å². The van der Waals surface area contributed by atoms with Crippen molar-refractivity contribution >= 4 is 23.1 Å². The number of nitrogens with zero attached hydrogens (tertiary/aromatic N) is 1. The molecule has 5 heteroatoms. The highest BCUT2D eigenvalue weighted by Gasteiger charge is 2.32. The molecule has 0 unspecified atom stereocenters. The van der Waals surface area contributed by atoms with Crippen molar-refractivity contribution in [3.05, 3.63) is 36.0 Å². The van der Waals surface area contributed by atoms with Gasteiger partial charge >= 0.3 is 0 Å². The normalized spacial score (nSPS) is 19.5. The second-order valence-electron chi connectivity index (χ2n) is 5.78. The Kier molecular flexibility index (Phi) is 4.24. The molecule has 2 heterocycles. The number of carbonyl (C=O) groups is 2. The van der Waals surface area contributed by atoms with E-state index in [0.717, 1.165) is 35.6 Å². The van der Waals surface area contributed by atoms with E-state index in [0.29, 0.717) is 13.0 Å². The minimum Gasteiger partial charge on any atom is -0.361 e. The van der Waals surface area contributed by atoms with Crippen molar-refractivity contribution in [3.8, 4) is 0 Å². The second-order valence-corrected chi connectivity index (χ2v) is 5.78. The largest absolute Gasteiger partial charge is 0.361 e. The molecule has 1 fully saturated rings. The number of likely N-dealkylation sites (N-methyl/N-ethyl adjacent to an activating group) is 1. The molecule has 116 valence electrons. The number of likely N-dealkylation sites (tertiary alicyclic amines) is 1. The van der Waals surface area contributed by atoms with Gasteiger partial charge in [-0.05, 0) is 37.9 Å². The van der Waals surface area contributed by atoms with Crippen LogP contribution in [0.1, 0.15) is 18.4 Å². The Morgan fingerprint density at radius 3 is 3.09 bits per heavy atom. The average molecular weight is 299 g/mol. The van der Waals surface area contributed by atoms with Gasteiger partial charge in [-0.2, -0.15) is 0 Å². The molecule has 1 amide bonds. The van der Waals surface area contributed by atoms with Crippen LogP contribution < -0.4 is 5.32 Å². The Morgan fingerprint density at radius 1 is 1.50 bits per heavy atom. The zero-order chi connectivity index (χ0) is 15.5. The van der Waals surface area contributed by atoms with Crippen molar-refractivity contribution < 1.29 is 9.59 Å². The molecule has 0 saturated carbocycles. The number of benzene rings is 1. The maximum absolute atomic E-state index is 12.7. The van der Waals surface area contributed by atoms with Crippen LogP contribution in [0.4, 0.5) is 0 Å². The van der Waals surface area contributed by atoms with Gasteiger partial charge in [0, 0.05) is 23.6 Å². The molecular weight excluding hydrogens is 278 g/mol. The number of hydrogen-bond donors (Lipinski definition) is 2. The monoisotopic (exact) mass is 299 g/mol. The fourth-order valence-electron chi connectivity index (χ4n) is 3.24. The van der Waals surface area contributed by atoms with E-state index < -0.39 is 0 Å². The third kappa shape index (κ3) is 2.64. The number of amides is 1. The molecule has 1 aliphatic heterocycles. The number of hydrogen-bond acceptors (Lipinski definition) is 3. The van der Waals surface area contributed by atoms with Gasteiger partial charge in [0.15, 0.2) is 0 Å². The van der Waals surface area contributed by atoms with Gasteiger partial charge < -0.3 is 20.0 Å². The van der Waals surface area contributed by atoms with Crippen LogP contribution in [-0.4, -0.2) is 47.8 Å². The molecule has 5 nitrogen and oxygen atoms in total. The fraction of sp³-hybridized carbons (Fsp3) is 0.412. The molecule has 1 aliphatic rings. The van der Waals surface area contributed by atoms with E-state index >= 15 is 0 Å². The molecule has 0 aliphatic carbocycles. The van der Waals surface area contributed by atoms with E-state index in [4.69, 9.17) is 0 Å². The summed E-state index contributed by atoms with van der Waals surface area (Å²) in [6, 6.07) is 7.51. The number of H-pyrrole nitrogens is 1. The Bertz CT molecular complexity index is 679. The van der Waals surface area contributed by atoms with Crippen LogP contribution in [0.2, 0.25) is 0 Å². The van der Waals surface area contributed by atoms with Crippen molar-refractivity contribution in [2.45, 2.75) is 31.3 Å². The molecule has 3 rings (SSSR count). The van der Waals surface area contributed by atoms with Crippen molar-refractivity contribution in [2.24, 2.45) is 0 Å². The number of aromatic nitrogens is 1. The van der Waals surface area contributed by atoms with E-state index in [1.807, 2.05) is 24.4 Å². The molecule has 2 N–H and O–H groups in total. The Hall–Kier alpha value is -2.14. The number of fused-ring (bicyclic) bond motifs is 1. The maximum Gasteiger partial charge on any atom is 0.240 e. The molecule has 0 spiro atoms. The summed E-state index contributed by atoms with van der Waals surface area (Å²) >= 11 is 0. The Labute approximate surface area is 129 Å². The van der Waals surface area contributed by atoms with Gasteiger partial charge in [-0.3, -0.25) is 4.79 Å². The summed E-state index contributed by atoms with van der Waals surface area (Å²) in [6.45, 7) is 0.675. The van der Waals surface area contributed by atoms with Gasteiger partial charge in [0.25, 0.3) is 0 Å². The van der Waals surface area contributed by atoms with Crippen molar-refractivity contribution in [2.75, 3.05) is 13.6 Å². The van der Waals surface area contributed by atoms with Crippen LogP contribution in [0, 0.1) is 0 Å². The van der Waals surface area contributed by atoms with Gasteiger partial charge in [0.1, 0.15) is 6.29 Å². The highest BCUT2D eigenvalue weighted by atomic mass is 16.2. The smallest absolute Gasteiger partial charge is 0.240 e. The van der Waals surface area contributed by atoms with Gasteiger partial charge in [-0.25, -0.2) is 0 Å². The van der Waals surface area contributed by atoms with E-state index in [9.17, 15) is 9.59 Å². The maximum atomic E-state index is 12.7. The lowest BCUT2D eigenvalue weighted by molar-refractivity contribution is -0.136. The molecule has 1 aromatic heterocycles. The third-order valence-corrected chi connectivity index (χ3v) is 4.48. The Balaban J connectivity index is 1.79. The zero-order valence-electron chi connectivity index (χ0n) is 12.7. The Morgan fingerprint density at radius 2 is 2.32 bits per heavy atom. The molecule has 1 saturated heterocycles. The molecule has 0 radical (unpaired) electrons. The van der Waals surface area contributed by atoms with Crippen LogP contribution in [-0.2, 0) is 16.0 Å². The minimum atomic E-state index is -0.306. The van der Waals surface area contributed by atoms with E-state index in [1.54, 1.807) is 11.9 Å². The number of carbonyl (C=O) groups excluding carboxylic acids is 2. The standard InChI is InChI=1S/C17H21N3O2/c1-18-16(17(22)20-8-4-5-13(20)11-21)9-12-10-19-15-7-3-2-6-14(12)15/h2-3,6-7,10-11,13,16,18-19H,4-5,8-9H2,1H3/t13-,16-/m0/s1. The zero-order valence-corrected chi connectivity index (χ0v) is 12.7. The average Bonchev–Trinajstić information content (AvgIpc) is 3.18. The summed E-state index contributed by atoms with van der Waals surface area (Å²) in [5.41, 5.74) is 2.19. The van der Waals surface area contributed by atoms with Crippen molar-refractivity contribution in [1.82, 2.24) is 15.2 Å². The molecule has 0 bridgehead atoms. The van der Waals surface area contributed by atoms with Gasteiger partial charge in [-0.15, -0.1) is 0 Å². The molecular formula is C17H21N3O2. The highest BCUT2D eigenvalue weighted by Crippen LogP contribution is 2.21. The summed E-state index contributed by atoms with van der Waals surface area (Å²) in [6.07, 6.45) is 5.14. The fourth-order valence-corrected chi connectivity index (χ4v) is 3.24. The summed E-state index contributed by atoms with van der Waals surface area (Å²) in [5.74, 6) is 0.0161. The first-order valence-electron chi connectivity index (χ1n) is 7.72. The second kappa shape index (κ2) is 6.32. The predicted octanol–water partition coefficient (Wildman–Crippen LogP) is 1.49. The minimum absolute atomic E-state index is 0.0161. The molecule has 1 aromatic carbocycles. The van der Waals surface area contributed by atoms with Crippen molar-refractivity contribution in [3.63, 3.8) is 0 Å². The number of aldehydes is 1. The number of para-hydroxylation sites is 1. The molecule has 2 atom stereocenters. The van der Waals surface area contributed by atoms with Crippen LogP contribution in [0.25, 0.3) is 10.9 Å². The third-order valence-electron chi connectivity index (χ3n) is 4.48. The number of aromatic amines is 1. The van der Waals surface area contributed by atoms with Crippen LogP contribution in [0.3, 0.4) is 0 Å².